The number of Topliss-reactive ketones (excluding diaryl/α,β-unsaturated/α-hetero) is 1. The highest BCUT2D eigenvalue weighted by atomic mass is 16.5. The lowest BCUT2D eigenvalue weighted by Gasteiger charge is -2.61. The molecule has 2 fully saturated rings. The summed E-state index contributed by atoms with van der Waals surface area (Å²) >= 11 is 0. The van der Waals surface area contributed by atoms with Gasteiger partial charge in [0.15, 0.2) is 5.78 Å². The van der Waals surface area contributed by atoms with Gasteiger partial charge in [0.1, 0.15) is 6.10 Å². The zero-order valence-corrected chi connectivity index (χ0v) is 24.2. The van der Waals surface area contributed by atoms with Crippen LogP contribution in [0.25, 0.3) is 0 Å². The first kappa shape index (κ1) is 26.9. The van der Waals surface area contributed by atoms with Crippen molar-refractivity contribution in [3.05, 3.63) is 11.1 Å². The van der Waals surface area contributed by atoms with E-state index in [-0.39, 0.29) is 33.7 Å². The van der Waals surface area contributed by atoms with Gasteiger partial charge in [0, 0.05) is 24.3 Å². The van der Waals surface area contributed by atoms with Gasteiger partial charge < -0.3 is 4.74 Å². The Labute approximate surface area is 215 Å². The highest BCUT2D eigenvalue weighted by Crippen LogP contribution is 2.71. The quantitative estimate of drug-likeness (QED) is 0.356. The lowest BCUT2D eigenvalue weighted by Crippen LogP contribution is -2.57. The van der Waals surface area contributed by atoms with Gasteiger partial charge in [0.05, 0.1) is 0 Å². The molecule has 4 aliphatic carbocycles. The second kappa shape index (κ2) is 9.02. The van der Waals surface area contributed by atoms with Crippen LogP contribution in [0, 0.1) is 45.3 Å². The Morgan fingerprint density at radius 1 is 1.00 bits per heavy atom. The minimum atomic E-state index is -0.182. The van der Waals surface area contributed by atoms with E-state index in [4.69, 9.17) is 4.74 Å². The highest BCUT2D eigenvalue weighted by molar-refractivity contribution is 6.00. The number of allylic oxidation sites excluding steroid dienone is 2. The van der Waals surface area contributed by atoms with Gasteiger partial charge in [-0.3, -0.25) is 9.59 Å². The lowest BCUT2D eigenvalue weighted by molar-refractivity contribution is -0.168. The Morgan fingerprint density at radius 2 is 1.69 bits per heavy atom. The van der Waals surface area contributed by atoms with Crippen molar-refractivity contribution in [2.75, 3.05) is 0 Å². The Bertz CT molecular complexity index is 896. The summed E-state index contributed by atoms with van der Waals surface area (Å²) in [4.78, 5) is 26.0. The van der Waals surface area contributed by atoms with Crippen molar-refractivity contribution in [2.24, 2.45) is 45.3 Å². The number of carbonyl (C=O) groups excluding carboxylic acids is 2. The summed E-state index contributed by atoms with van der Waals surface area (Å²) in [6.07, 6.45) is 11.0. The van der Waals surface area contributed by atoms with Crippen molar-refractivity contribution >= 4 is 11.8 Å². The van der Waals surface area contributed by atoms with Crippen molar-refractivity contribution in [3.63, 3.8) is 0 Å². The van der Waals surface area contributed by atoms with E-state index in [0.717, 1.165) is 38.0 Å². The van der Waals surface area contributed by atoms with Crippen LogP contribution in [0.1, 0.15) is 127 Å². The molecule has 2 saturated carbocycles. The Hall–Kier alpha value is -1.12. The van der Waals surface area contributed by atoms with Gasteiger partial charge in [0.2, 0.25) is 0 Å². The van der Waals surface area contributed by atoms with Gasteiger partial charge in [-0.2, -0.15) is 0 Å². The molecule has 0 N–H and O–H groups in total. The third kappa shape index (κ3) is 4.06. The molecule has 4 aliphatic rings. The summed E-state index contributed by atoms with van der Waals surface area (Å²) in [6.45, 7) is 20.6. The monoisotopic (exact) mass is 484 g/mol. The summed E-state index contributed by atoms with van der Waals surface area (Å²) in [5, 5.41) is 0. The number of hydrogen-bond acceptors (Lipinski definition) is 3. The standard InChI is InChI=1S/C32H52O3/c1-20(2)11-10-12-21(3)23-15-18-31(8)24-13-14-26-29(5,6)27(35-22(4)33)16-17-30(26,7)28(24)25(34)19-32(23,31)9/h20-21,23,26-27H,10-19H2,1-9H3/t21-,23+,26+,27+,30+,31-,32+/m1/s1. The summed E-state index contributed by atoms with van der Waals surface area (Å²) < 4.78 is 5.82. The number of esters is 1. The van der Waals surface area contributed by atoms with Crippen molar-refractivity contribution in [2.45, 2.75) is 133 Å². The van der Waals surface area contributed by atoms with Gasteiger partial charge in [-0.1, -0.05) is 80.2 Å². The number of rotatable bonds is 6. The predicted molar refractivity (Wildman–Crippen MR) is 143 cm³/mol. The molecule has 0 amide bonds. The second-order valence-electron chi connectivity index (χ2n) is 14.6. The largest absolute Gasteiger partial charge is 0.462 e. The normalized spacial score (nSPS) is 41.3. The van der Waals surface area contributed by atoms with Crippen LogP contribution in [0.15, 0.2) is 11.1 Å². The zero-order valence-electron chi connectivity index (χ0n) is 24.2. The summed E-state index contributed by atoms with van der Waals surface area (Å²) in [5.74, 6) is 2.72. The van der Waals surface area contributed by atoms with Crippen LogP contribution < -0.4 is 0 Å². The average molecular weight is 485 g/mol. The van der Waals surface area contributed by atoms with E-state index in [2.05, 4.69) is 55.4 Å². The van der Waals surface area contributed by atoms with Crippen molar-refractivity contribution in [1.82, 2.24) is 0 Å². The van der Waals surface area contributed by atoms with Gasteiger partial charge in [-0.15, -0.1) is 0 Å². The smallest absolute Gasteiger partial charge is 0.302 e. The van der Waals surface area contributed by atoms with E-state index in [9.17, 15) is 9.59 Å². The zero-order chi connectivity index (χ0) is 26.0. The molecule has 35 heavy (non-hydrogen) atoms. The summed E-state index contributed by atoms with van der Waals surface area (Å²) in [5.41, 5.74) is 2.72. The maximum Gasteiger partial charge on any atom is 0.302 e. The molecular weight excluding hydrogens is 432 g/mol. The molecule has 0 aromatic rings. The van der Waals surface area contributed by atoms with Crippen molar-refractivity contribution in [3.8, 4) is 0 Å². The molecular formula is C32H52O3. The fourth-order valence-electron chi connectivity index (χ4n) is 9.88. The number of ketones is 1. The van der Waals surface area contributed by atoms with Crippen LogP contribution in [0.2, 0.25) is 0 Å². The van der Waals surface area contributed by atoms with Crippen molar-refractivity contribution in [1.29, 1.82) is 0 Å². The van der Waals surface area contributed by atoms with Crippen LogP contribution in [0.3, 0.4) is 0 Å². The molecule has 0 aliphatic heterocycles. The van der Waals surface area contributed by atoms with Crippen LogP contribution in [-0.2, 0) is 14.3 Å². The third-order valence-electron chi connectivity index (χ3n) is 11.9. The molecule has 7 atom stereocenters. The minimum absolute atomic E-state index is 0.0534. The predicted octanol–water partition coefficient (Wildman–Crippen LogP) is 8.31. The van der Waals surface area contributed by atoms with Crippen LogP contribution in [-0.4, -0.2) is 17.9 Å². The van der Waals surface area contributed by atoms with Crippen LogP contribution >= 0.6 is 0 Å². The fourth-order valence-corrected chi connectivity index (χ4v) is 9.88. The van der Waals surface area contributed by atoms with Gasteiger partial charge >= 0.3 is 5.97 Å². The van der Waals surface area contributed by atoms with Gasteiger partial charge in [-0.05, 0) is 78.4 Å². The maximum atomic E-state index is 14.2. The molecule has 0 unspecified atom stereocenters. The highest BCUT2D eigenvalue weighted by Gasteiger charge is 2.65. The molecule has 0 aromatic carbocycles. The molecule has 0 bridgehead atoms. The lowest BCUT2D eigenvalue weighted by atomic mass is 9.43. The Kier molecular flexibility index (Phi) is 6.94. The van der Waals surface area contributed by atoms with E-state index in [1.807, 2.05) is 0 Å². The second-order valence-corrected chi connectivity index (χ2v) is 14.6. The first-order valence-corrected chi connectivity index (χ1v) is 14.6. The first-order chi connectivity index (χ1) is 16.2. The Balaban J connectivity index is 1.67. The number of carbonyl (C=O) groups is 2. The third-order valence-corrected chi connectivity index (χ3v) is 11.9. The molecule has 0 aromatic heterocycles. The molecule has 4 rings (SSSR count). The maximum absolute atomic E-state index is 14.2. The number of ether oxygens (including phenoxy) is 1. The molecule has 3 heteroatoms. The minimum Gasteiger partial charge on any atom is -0.462 e. The van der Waals surface area contributed by atoms with Crippen LogP contribution in [0.4, 0.5) is 0 Å². The molecule has 0 saturated heterocycles. The van der Waals surface area contributed by atoms with Gasteiger partial charge in [0.25, 0.3) is 0 Å². The molecule has 0 heterocycles. The van der Waals surface area contributed by atoms with E-state index < -0.39 is 0 Å². The number of fused-ring (bicyclic) bond motifs is 4. The summed E-state index contributed by atoms with van der Waals surface area (Å²) in [7, 11) is 0. The number of hydrogen-bond donors (Lipinski definition) is 0. The molecule has 0 spiro atoms. The molecule has 198 valence electrons. The average Bonchev–Trinajstić information content (AvgIpc) is 3.00. The molecule has 3 nitrogen and oxygen atoms in total. The van der Waals surface area contributed by atoms with E-state index >= 15 is 0 Å². The topological polar surface area (TPSA) is 43.4 Å². The van der Waals surface area contributed by atoms with Crippen molar-refractivity contribution < 1.29 is 14.3 Å². The van der Waals surface area contributed by atoms with E-state index in [1.54, 1.807) is 0 Å². The molecule has 0 radical (unpaired) electrons. The van der Waals surface area contributed by atoms with E-state index in [1.165, 1.54) is 50.2 Å². The first-order valence-electron chi connectivity index (χ1n) is 14.6. The van der Waals surface area contributed by atoms with E-state index in [0.29, 0.717) is 23.5 Å². The van der Waals surface area contributed by atoms with Crippen LogP contribution in [0.5, 0.6) is 0 Å². The fraction of sp³-hybridized carbons (Fsp3) is 0.875. The summed E-state index contributed by atoms with van der Waals surface area (Å²) in [6, 6.07) is 0. The SMILES string of the molecule is CC(=O)O[C@H]1CC[C@]2(C)C3=C(CC[C@H]2C1(C)C)[C@@]1(C)CC[C@@H]([C@H](C)CCCC(C)C)[C@]1(C)CC3=O. The van der Waals surface area contributed by atoms with Gasteiger partial charge in [-0.25, -0.2) is 0 Å². The Morgan fingerprint density at radius 3 is 2.31 bits per heavy atom.